The van der Waals surface area contributed by atoms with Gasteiger partial charge in [-0.15, -0.1) is 0 Å². The molecule has 1 unspecified atom stereocenters. The second-order valence-electron chi connectivity index (χ2n) is 4.23. The summed E-state index contributed by atoms with van der Waals surface area (Å²) >= 11 is 0. The number of benzene rings is 1. The van der Waals surface area contributed by atoms with Crippen molar-refractivity contribution in [1.29, 1.82) is 0 Å². The average molecular weight is 269 g/mol. The minimum Gasteiger partial charge on any atom is -0.488 e. The number of ether oxygens (including phenoxy) is 2. The molecule has 1 atom stereocenters. The molecule has 1 N–H and O–H groups in total. The Morgan fingerprint density at radius 3 is 2.84 bits per heavy atom. The molecule has 0 saturated carbocycles. The lowest BCUT2D eigenvalue weighted by Crippen LogP contribution is -2.42. The third-order valence-electron chi connectivity index (χ3n) is 2.69. The van der Waals surface area contributed by atoms with Crippen molar-refractivity contribution in [2.24, 2.45) is 0 Å². The molecule has 106 valence electrons. The summed E-state index contributed by atoms with van der Waals surface area (Å²) in [4.78, 5) is 11.5. The van der Waals surface area contributed by atoms with Crippen molar-refractivity contribution >= 4 is 5.97 Å². The first-order valence-corrected chi connectivity index (χ1v) is 6.29. The van der Waals surface area contributed by atoms with Crippen molar-refractivity contribution in [3.05, 3.63) is 29.6 Å². The number of nitrogens with one attached hydrogen (secondary N) is 1. The van der Waals surface area contributed by atoms with E-state index in [4.69, 9.17) is 4.74 Å². The zero-order chi connectivity index (χ0) is 14.3. The second kappa shape index (κ2) is 7.74. The zero-order valence-corrected chi connectivity index (χ0v) is 11.5. The van der Waals surface area contributed by atoms with E-state index in [1.165, 1.54) is 13.2 Å². The summed E-state index contributed by atoms with van der Waals surface area (Å²) in [6.07, 6.45) is 0.881. The SMILES string of the molecule is CCCNC(COc1cccc(C)c1F)C(=O)OC. The Bertz CT molecular complexity index is 423. The van der Waals surface area contributed by atoms with Gasteiger partial charge in [0.15, 0.2) is 11.6 Å². The number of hydrogen-bond donors (Lipinski definition) is 1. The molecule has 0 amide bonds. The minimum atomic E-state index is -0.593. The number of halogens is 1. The molecule has 1 aromatic carbocycles. The first-order chi connectivity index (χ1) is 9.10. The van der Waals surface area contributed by atoms with E-state index in [2.05, 4.69) is 10.1 Å². The summed E-state index contributed by atoms with van der Waals surface area (Å²) in [6.45, 7) is 4.35. The van der Waals surface area contributed by atoms with E-state index in [0.717, 1.165) is 6.42 Å². The maximum atomic E-state index is 13.7. The van der Waals surface area contributed by atoms with Gasteiger partial charge >= 0.3 is 5.97 Å². The molecule has 0 aromatic heterocycles. The molecule has 0 aliphatic heterocycles. The number of hydrogen-bond acceptors (Lipinski definition) is 4. The van der Waals surface area contributed by atoms with Gasteiger partial charge in [-0.3, -0.25) is 4.79 Å². The molecule has 5 heteroatoms. The molecule has 0 fully saturated rings. The lowest BCUT2D eigenvalue weighted by molar-refractivity contribution is -0.143. The third-order valence-corrected chi connectivity index (χ3v) is 2.69. The summed E-state index contributed by atoms with van der Waals surface area (Å²) in [5.41, 5.74) is 0.508. The van der Waals surface area contributed by atoms with Gasteiger partial charge in [-0.2, -0.15) is 0 Å². The largest absolute Gasteiger partial charge is 0.488 e. The van der Waals surface area contributed by atoms with Crippen LogP contribution in [0.3, 0.4) is 0 Å². The summed E-state index contributed by atoms with van der Waals surface area (Å²) in [6, 6.07) is 4.32. The van der Waals surface area contributed by atoms with E-state index in [1.807, 2.05) is 6.92 Å². The van der Waals surface area contributed by atoms with Crippen LogP contribution in [0.1, 0.15) is 18.9 Å². The van der Waals surface area contributed by atoms with Crippen LogP contribution in [0.2, 0.25) is 0 Å². The van der Waals surface area contributed by atoms with Crippen LogP contribution in [0, 0.1) is 12.7 Å². The van der Waals surface area contributed by atoms with E-state index in [1.54, 1.807) is 19.1 Å². The maximum Gasteiger partial charge on any atom is 0.326 e. The van der Waals surface area contributed by atoms with Crippen molar-refractivity contribution in [3.63, 3.8) is 0 Å². The fourth-order valence-electron chi connectivity index (χ4n) is 1.58. The molecule has 1 rings (SSSR count). The quantitative estimate of drug-likeness (QED) is 0.770. The van der Waals surface area contributed by atoms with Gasteiger partial charge in [0.05, 0.1) is 7.11 Å². The van der Waals surface area contributed by atoms with Gasteiger partial charge in [0.1, 0.15) is 12.6 Å². The van der Waals surface area contributed by atoms with Crippen LogP contribution in [0.4, 0.5) is 4.39 Å². The number of rotatable bonds is 7. The van der Waals surface area contributed by atoms with Gasteiger partial charge in [-0.25, -0.2) is 4.39 Å². The molecule has 1 aromatic rings. The summed E-state index contributed by atoms with van der Waals surface area (Å²) in [5, 5.41) is 3.00. The van der Waals surface area contributed by atoms with Crippen LogP contribution in [0.15, 0.2) is 18.2 Å². The van der Waals surface area contributed by atoms with Crippen LogP contribution in [-0.2, 0) is 9.53 Å². The normalized spacial score (nSPS) is 12.0. The van der Waals surface area contributed by atoms with E-state index in [0.29, 0.717) is 12.1 Å². The molecule has 0 spiro atoms. The monoisotopic (exact) mass is 269 g/mol. The standard InChI is InChI=1S/C14H20FNO3/c1-4-8-16-11(14(17)18-3)9-19-12-7-5-6-10(2)13(12)15/h5-7,11,16H,4,8-9H2,1-3H3. The summed E-state index contributed by atoms with van der Waals surface area (Å²) in [7, 11) is 1.32. The highest BCUT2D eigenvalue weighted by atomic mass is 19.1. The maximum absolute atomic E-state index is 13.7. The molecular formula is C14H20FNO3. The second-order valence-corrected chi connectivity index (χ2v) is 4.23. The van der Waals surface area contributed by atoms with Crippen LogP contribution in [0.25, 0.3) is 0 Å². The van der Waals surface area contributed by atoms with Crippen LogP contribution >= 0.6 is 0 Å². The Morgan fingerprint density at radius 1 is 1.47 bits per heavy atom. The molecular weight excluding hydrogens is 249 g/mol. The number of carbonyl (C=O) groups excluding carboxylic acids is 1. The van der Waals surface area contributed by atoms with Crippen LogP contribution in [0.5, 0.6) is 5.75 Å². The summed E-state index contributed by atoms with van der Waals surface area (Å²) < 4.78 is 23.8. The molecule has 0 bridgehead atoms. The van der Waals surface area contributed by atoms with Gasteiger partial charge in [-0.1, -0.05) is 19.1 Å². The van der Waals surface area contributed by atoms with Crippen molar-refractivity contribution in [3.8, 4) is 5.75 Å². The first kappa shape index (κ1) is 15.4. The molecule has 0 radical (unpaired) electrons. The number of methoxy groups -OCH3 is 1. The molecule has 19 heavy (non-hydrogen) atoms. The van der Waals surface area contributed by atoms with Crippen LogP contribution < -0.4 is 10.1 Å². The van der Waals surface area contributed by atoms with E-state index < -0.39 is 17.8 Å². The van der Waals surface area contributed by atoms with E-state index in [-0.39, 0.29) is 12.4 Å². The Kier molecular flexibility index (Phi) is 6.29. The van der Waals surface area contributed by atoms with Gasteiger partial charge in [0.2, 0.25) is 0 Å². The Labute approximate surface area is 112 Å². The van der Waals surface area contributed by atoms with E-state index in [9.17, 15) is 9.18 Å². The van der Waals surface area contributed by atoms with E-state index >= 15 is 0 Å². The van der Waals surface area contributed by atoms with Crippen molar-refractivity contribution < 1.29 is 18.7 Å². The molecule has 0 saturated heterocycles. The lowest BCUT2D eigenvalue weighted by atomic mass is 10.2. The third kappa shape index (κ3) is 4.52. The van der Waals surface area contributed by atoms with Crippen molar-refractivity contribution in [2.45, 2.75) is 26.3 Å². The average Bonchev–Trinajstić information content (AvgIpc) is 2.42. The highest BCUT2D eigenvalue weighted by Crippen LogP contribution is 2.19. The zero-order valence-electron chi connectivity index (χ0n) is 11.5. The van der Waals surface area contributed by atoms with Crippen molar-refractivity contribution in [1.82, 2.24) is 5.32 Å². The first-order valence-electron chi connectivity index (χ1n) is 6.29. The van der Waals surface area contributed by atoms with Crippen LogP contribution in [-0.4, -0.2) is 32.3 Å². The predicted molar refractivity (Wildman–Crippen MR) is 70.7 cm³/mol. The van der Waals surface area contributed by atoms with Gasteiger partial charge in [0, 0.05) is 0 Å². The number of carbonyl (C=O) groups is 1. The highest BCUT2D eigenvalue weighted by Gasteiger charge is 2.19. The smallest absolute Gasteiger partial charge is 0.326 e. The topological polar surface area (TPSA) is 47.6 Å². The van der Waals surface area contributed by atoms with Gasteiger partial charge in [-0.05, 0) is 31.5 Å². The highest BCUT2D eigenvalue weighted by molar-refractivity contribution is 5.75. The molecule has 0 heterocycles. The molecule has 4 nitrogen and oxygen atoms in total. The van der Waals surface area contributed by atoms with Gasteiger partial charge in [0.25, 0.3) is 0 Å². The predicted octanol–water partition coefficient (Wildman–Crippen LogP) is 2.05. The Morgan fingerprint density at radius 2 is 2.21 bits per heavy atom. The molecule has 0 aliphatic carbocycles. The minimum absolute atomic E-state index is 0.0348. The van der Waals surface area contributed by atoms with Crippen molar-refractivity contribution in [2.75, 3.05) is 20.3 Å². The Hall–Kier alpha value is -1.62. The number of aryl methyl sites for hydroxylation is 1. The lowest BCUT2D eigenvalue weighted by Gasteiger charge is -2.17. The molecule has 0 aliphatic rings. The number of esters is 1. The Balaban J connectivity index is 2.64. The summed E-state index contributed by atoms with van der Waals surface area (Å²) in [5.74, 6) is -0.671. The van der Waals surface area contributed by atoms with Gasteiger partial charge < -0.3 is 14.8 Å². The fraction of sp³-hybridized carbons (Fsp3) is 0.500. The fourth-order valence-corrected chi connectivity index (χ4v) is 1.58.